The molecule has 2 rings (SSSR count). The summed E-state index contributed by atoms with van der Waals surface area (Å²) < 4.78 is 12.9. The number of hydrogen-bond acceptors (Lipinski definition) is 3. The molecule has 1 unspecified atom stereocenters. The Hall–Kier alpha value is -1.72. The lowest BCUT2D eigenvalue weighted by Crippen LogP contribution is -2.33. The summed E-state index contributed by atoms with van der Waals surface area (Å²) in [7, 11) is 3.86. The van der Waals surface area contributed by atoms with Gasteiger partial charge in [0.1, 0.15) is 11.4 Å². The summed E-state index contributed by atoms with van der Waals surface area (Å²) in [6.45, 7) is 1.44. The lowest BCUT2D eigenvalue weighted by molar-refractivity contribution is -0.126. The zero-order valence-electron chi connectivity index (χ0n) is 12.4. The molecule has 0 aromatic heterocycles. The Morgan fingerprint density at radius 3 is 2.71 bits per heavy atom. The zero-order chi connectivity index (χ0) is 15.5. The number of benzene rings is 1. The van der Waals surface area contributed by atoms with Gasteiger partial charge in [-0.3, -0.25) is 4.79 Å². The maximum atomic E-state index is 12.9. The molecule has 114 valence electrons. The molecule has 0 radical (unpaired) electrons. The van der Waals surface area contributed by atoms with E-state index in [2.05, 4.69) is 0 Å². The number of likely N-dealkylation sites (tertiary alicyclic amines) is 1. The molecular weight excluding hydrogens is 271 g/mol. The Morgan fingerprint density at radius 1 is 1.43 bits per heavy atom. The van der Waals surface area contributed by atoms with Gasteiger partial charge in [0.15, 0.2) is 0 Å². The van der Waals surface area contributed by atoms with Crippen molar-refractivity contribution in [3.05, 3.63) is 47.8 Å². The first-order chi connectivity index (χ1) is 9.90. The molecule has 1 saturated heterocycles. The first-order valence-electron chi connectivity index (χ1n) is 6.99. The van der Waals surface area contributed by atoms with Crippen molar-refractivity contribution in [2.24, 2.45) is 0 Å². The Balaban J connectivity index is 2.00. The molecule has 4 nitrogen and oxygen atoms in total. The smallest absolute Gasteiger partial charge is 0.246 e. The molecule has 1 atom stereocenters. The highest BCUT2D eigenvalue weighted by molar-refractivity contribution is 5.87. The highest BCUT2D eigenvalue weighted by Gasteiger charge is 2.38. The maximum Gasteiger partial charge on any atom is 0.246 e. The van der Waals surface area contributed by atoms with Crippen LogP contribution in [0.15, 0.2) is 36.4 Å². The Kier molecular flexibility index (Phi) is 4.75. The second-order valence-corrected chi connectivity index (χ2v) is 5.71. The monoisotopic (exact) mass is 292 g/mol. The van der Waals surface area contributed by atoms with E-state index in [1.54, 1.807) is 23.1 Å². The van der Waals surface area contributed by atoms with E-state index in [-0.39, 0.29) is 18.3 Å². The number of β-amino-alcohol motifs (C(OH)–C–C–N with tert-alkyl or cyclic N) is 1. The molecule has 1 aliphatic heterocycles. The molecule has 1 aromatic rings. The van der Waals surface area contributed by atoms with Crippen LogP contribution in [-0.4, -0.2) is 54.5 Å². The van der Waals surface area contributed by atoms with E-state index in [1.807, 2.05) is 19.0 Å². The number of hydrogen-bond donors (Lipinski definition) is 1. The zero-order valence-corrected chi connectivity index (χ0v) is 12.4. The number of aliphatic hydroxyl groups is 1. The van der Waals surface area contributed by atoms with Crippen molar-refractivity contribution in [2.45, 2.75) is 12.0 Å². The van der Waals surface area contributed by atoms with Gasteiger partial charge >= 0.3 is 0 Å². The molecule has 1 aliphatic rings. The molecule has 5 heteroatoms. The summed E-state index contributed by atoms with van der Waals surface area (Å²) >= 11 is 0. The highest BCUT2D eigenvalue weighted by Crippen LogP contribution is 2.32. The third-order valence-electron chi connectivity index (χ3n) is 3.67. The van der Waals surface area contributed by atoms with E-state index in [0.717, 1.165) is 0 Å². The fourth-order valence-electron chi connectivity index (χ4n) is 2.45. The van der Waals surface area contributed by atoms with Gasteiger partial charge < -0.3 is 14.9 Å². The SMILES string of the molecule is CN(C)C/C=C/C(=O)N1CCC(O)(c2ccc(F)cc2)C1. The van der Waals surface area contributed by atoms with E-state index >= 15 is 0 Å². The first-order valence-corrected chi connectivity index (χ1v) is 6.99. The summed E-state index contributed by atoms with van der Waals surface area (Å²) in [5.74, 6) is -0.435. The van der Waals surface area contributed by atoms with Gasteiger partial charge in [-0.2, -0.15) is 0 Å². The Bertz CT molecular complexity index is 528. The molecule has 1 amide bonds. The van der Waals surface area contributed by atoms with Gasteiger partial charge in [0.25, 0.3) is 0 Å². The van der Waals surface area contributed by atoms with Gasteiger partial charge in [-0.1, -0.05) is 18.2 Å². The summed E-state index contributed by atoms with van der Waals surface area (Å²) in [6, 6.07) is 5.81. The summed E-state index contributed by atoms with van der Waals surface area (Å²) in [4.78, 5) is 15.6. The van der Waals surface area contributed by atoms with Gasteiger partial charge in [-0.25, -0.2) is 4.39 Å². The molecule has 1 aromatic carbocycles. The van der Waals surface area contributed by atoms with E-state index in [0.29, 0.717) is 25.1 Å². The molecule has 0 spiro atoms. The van der Waals surface area contributed by atoms with Crippen LogP contribution in [0.1, 0.15) is 12.0 Å². The predicted octanol–water partition coefficient (Wildman–Crippen LogP) is 1.36. The van der Waals surface area contributed by atoms with Crippen molar-refractivity contribution in [1.82, 2.24) is 9.80 Å². The largest absolute Gasteiger partial charge is 0.383 e. The molecule has 21 heavy (non-hydrogen) atoms. The van der Waals surface area contributed by atoms with Crippen molar-refractivity contribution in [3.63, 3.8) is 0 Å². The summed E-state index contributed by atoms with van der Waals surface area (Å²) in [5.41, 5.74) is -0.435. The number of amides is 1. The molecule has 0 saturated carbocycles. The van der Waals surface area contributed by atoms with Crippen LogP contribution in [0.4, 0.5) is 4.39 Å². The standard InChI is InChI=1S/C16H21FN2O2/c1-18(2)10-3-4-15(20)19-11-9-16(21,12-19)13-5-7-14(17)8-6-13/h3-8,21H,9-12H2,1-2H3/b4-3+. The minimum absolute atomic E-state index is 0.102. The van der Waals surface area contributed by atoms with Crippen molar-refractivity contribution >= 4 is 5.91 Å². The van der Waals surface area contributed by atoms with Crippen LogP contribution >= 0.6 is 0 Å². The lowest BCUT2D eigenvalue weighted by Gasteiger charge is -2.23. The molecule has 0 aliphatic carbocycles. The topological polar surface area (TPSA) is 43.8 Å². The van der Waals surface area contributed by atoms with Crippen LogP contribution in [0.25, 0.3) is 0 Å². The number of nitrogens with zero attached hydrogens (tertiary/aromatic N) is 2. The Labute approximate surface area is 124 Å². The fraction of sp³-hybridized carbons (Fsp3) is 0.438. The van der Waals surface area contributed by atoms with Crippen molar-refractivity contribution < 1.29 is 14.3 Å². The van der Waals surface area contributed by atoms with Gasteiger partial charge in [0.2, 0.25) is 5.91 Å². The number of carbonyl (C=O) groups excluding carboxylic acids is 1. The van der Waals surface area contributed by atoms with Gasteiger partial charge in [-0.15, -0.1) is 0 Å². The average Bonchev–Trinajstić information content (AvgIpc) is 2.83. The third-order valence-corrected chi connectivity index (χ3v) is 3.67. The molecule has 0 bridgehead atoms. The highest BCUT2D eigenvalue weighted by atomic mass is 19.1. The molecule has 1 N–H and O–H groups in total. The number of halogens is 1. The normalized spacial score (nSPS) is 22.4. The second-order valence-electron chi connectivity index (χ2n) is 5.71. The van der Waals surface area contributed by atoms with Crippen LogP contribution in [-0.2, 0) is 10.4 Å². The number of carbonyl (C=O) groups is 1. The van der Waals surface area contributed by atoms with Gasteiger partial charge in [-0.05, 0) is 38.2 Å². The minimum atomic E-state index is -1.08. The number of rotatable bonds is 4. The van der Waals surface area contributed by atoms with Gasteiger partial charge in [0, 0.05) is 19.2 Å². The molecular formula is C16H21FN2O2. The van der Waals surface area contributed by atoms with Crippen LogP contribution < -0.4 is 0 Å². The fourth-order valence-corrected chi connectivity index (χ4v) is 2.45. The number of likely N-dealkylation sites (N-methyl/N-ethyl adjacent to an activating group) is 1. The van der Waals surface area contributed by atoms with E-state index in [4.69, 9.17) is 0 Å². The summed E-state index contributed by atoms with van der Waals surface area (Å²) in [6.07, 6.45) is 3.81. The van der Waals surface area contributed by atoms with E-state index in [1.165, 1.54) is 18.2 Å². The molecule has 1 fully saturated rings. The summed E-state index contributed by atoms with van der Waals surface area (Å²) in [5, 5.41) is 10.6. The average molecular weight is 292 g/mol. The van der Waals surface area contributed by atoms with Crippen molar-refractivity contribution in [3.8, 4) is 0 Å². The van der Waals surface area contributed by atoms with Crippen LogP contribution in [0.5, 0.6) is 0 Å². The Morgan fingerprint density at radius 2 is 2.10 bits per heavy atom. The van der Waals surface area contributed by atoms with Crippen molar-refractivity contribution in [1.29, 1.82) is 0 Å². The van der Waals surface area contributed by atoms with E-state index in [9.17, 15) is 14.3 Å². The minimum Gasteiger partial charge on any atom is -0.383 e. The van der Waals surface area contributed by atoms with E-state index < -0.39 is 5.60 Å². The van der Waals surface area contributed by atoms with Crippen LogP contribution in [0, 0.1) is 5.82 Å². The van der Waals surface area contributed by atoms with Gasteiger partial charge in [0.05, 0.1) is 6.54 Å². The quantitative estimate of drug-likeness (QED) is 0.852. The van der Waals surface area contributed by atoms with Crippen LogP contribution in [0.3, 0.4) is 0 Å². The lowest BCUT2D eigenvalue weighted by atomic mass is 9.93. The predicted molar refractivity (Wildman–Crippen MR) is 79.2 cm³/mol. The molecule has 1 heterocycles. The first kappa shape index (κ1) is 15.7. The maximum absolute atomic E-state index is 12.9. The van der Waals surface area contributed by atoms with Crippen molar-refractivity contribution in [2.75, 3.05) is 33.7 Å². The second kappa shape index (κ2) is 6.37. The third kappa shape index (κ3) is 3.89. The van der Waals surface area contributed by atoms with Crippen LogP contribution in [0.2, 0.25) is 0 Å².